The molecule has 0 aromatic heterocycles. The maximum absolute atomic E-state index is 13.2. The summed E-state index contributed by atoms with van der Waals surface area (Å²) in [7, 11) is -5.86. The molecule has 4 bridgehead atoms. The molecule has 0 aliphatic heterocycles. The van der Waals surface area contributed by atoms with Crippen molar-refractivity contribution in [3.05, 3.63) is 0 Å². The summed E-state index contributed by atoms with van der Waals surface area (Å²) in [6.45, 7) is 4.44. The van der Waals surface area contributed by atoms with E-state index in [2.05, 4.69) is 4.74 Å². The fourth-order valence-electron chi connectivity index (χ4n) is 5.68. The Kier molecular flexibility index (Phi) is 7.08. The van der Waals surface area contributed by atoms with E-state index in [0.29, 0.717) is 31.0 Å². The van der Waals surface area contributed by atoms with Gasteiger partial charge in [-0.1, -0.05) is 0 Å². The van der Waals surface area contributed by atoms with E-state index >= 15 is 0 Å². The van der Waals surface area contributed by atoms with Crippen molar-refractivity contribution in [2.75, 3.05) is 26.4 Å². The zero-order chi connectivity index (χ0) is 22.2. The minimum Gasteiger partial charge on any atom is -0.458 e. The molecule has 1 N–H and O–H groups in total. The summed E-state index contributed by atoms with van der Waals surface area (Å²) in [5, 5.41) is -4.99. The number of hydrogen-bond acceptors (Lipinski definition) is 7. The summed E-state index contributed by atoms with van der Waals surface area (Å²) in [6, 6.07) is 0. The number of carbonyl (C=O) groups excluding carboxylic acids is 1. The van der Waals surface area contributed by atoms with Gasteiger partial charge >= 0.3 is 21.3 Å². The van der Waals surface area contributed by atoms with Gasteiger partial charge in [0.2, 0.25) is 0 Å². The topological polar surface area (TPSA) is 108 Å². The Balaban J connectivity index is 1.48. The van der Waals surface area contributed by atoms with E-state index in [-0.39, 0.29) is 24.4 Å². The molecule has 4 aliphatic carbocycles. The third-order valence-corrected chi connectivity index (χ3v) is 7.34. The van der Waals surface area contributed by atoms with Gasteiger partial charge < -0.3 is 18.9 Å². The van der Waals surface area contributed by atoms with Crippen LogP contribution in [-0.2, 0) is 33.9 Å². The molecule has 4 aliphatic rings. The molecule has 3 unspecified atom stereocenters. The molecule has 174 valence electrons. The number of esters is 1. The highest BCUT2D eigenvalue weighted by Crippen LogP contribution is 2.60. The third-order valence-electron chi connectivity index (χ3n) is 6.53. The van der Waals surface area contributed by atoms with Crippen LogP contribution in [0.2, 0.25) is 0 Å². The maximum Gasteiger partial charge on any atom is 0.465 e. The van der Waals surface area contributed by atoms with Gasteiger partial charge in [0.25, 0.3) is 0 Å². The Morgan fingerprint density at radius 3 is 2.37 bits per heavy atom. The van der Waals surface area contributed by atoms with E-state index in [4.69, 9.17) is 18.8 Å². The molecule has 0 amide bonds. The lowest BCUT2D eigenvalue weighted by molar-refractivity contribution is -0.206. The molecule has 0 radical (unpaired) electrons. The predicted octanol–water partition coefficient (Wildman–Crippen LogP) is 2.62. The molecule has 3 atom stereocenters. The summed E-state index contributed by atoms with van der Waals surface area (Å²) in [6.07, 6.45) is 4.86. The van der Waals surface area contributed by atoms with Gasteiger partial charge in [0.15, 0.2) is 6.29 Å². The summed E-state index contributed by atoms with van der Waals surface area (Å²) in [4.78, 5) is 11.2. The fourth-order valence-corrected chi connectivity index (χ4v) is 5.95. The smallest absolute Gasteiger partial charge is 0.458 e. The van der Waals surface area contributed by atoms with Crippen LogP contribution >= 0.6 is 0 Å². The van der Waals surface area contributed by atoms with Crippen molar-refractivity contribution in [3.8, 4) is 0 Å². The lowest BCUT2D eigenvalue weighted by Crippen LogP contribution is -2.56. The van der Waals surface area contributed by atoms with Gasteiger partial charge in [0.1, 0.15) is 6.61 Å². The molecule has 0 saturated heterocycles. The first-order valence-electron chi connectivity index (χ1n) is 10.3. The Hall–Kier alpha value is -0.880. The highest BCUT2D eigenvalue weighted by atomic mass is 32.2. The van der Waals surface area contributed by atoms with Gasteiger partial charge in [-0.2, -0.15) is 17.2 Å². The van der Waals surface area contributed by atoms with Crippen LogP contribution in [0.15, 0.2) is 0 Å². The minimum atomic E-state index is -5.86. The van der Waals surface area contributed by atoms with E-state index in [9.17, 15) is 22.0 Å². The molecule has 11 heteroatoms. The largest absolute Gasteiger partial charge is 0.465 e. The van der Waals surface area contributed by atoms with Gasteiger partial charge in [-0.05, 0) is 69.1 Å². The number of ether oxygens (including phenoxy) is 4. The van der Waals surface area contributed by atoms with Gasteiger partial charge in [0.05, 0.1) is 19.3 Å². The maximum atomic E-state index is 13.2. The van der Waals surface area contributed by atoms with E-state index in [0.717, 1.165) is 32.1 Å². The molecule has 0 aromatic rings. The Morgan fingerprint density at radius 1 is 1.17 bits per heavy atom. The van der Waals surface area contributed by atoms with Crippen LogP contribution in [0.25, 0.3) is 0 Å². The number of hydrogen-bond donors (Lipinski definition) is 1. The predicted molar refractivity (Wildman–Crippen MR) is 100 cm³/mol. The van der Waals surface area contributed by atoms with E-state index in [1.165, 1.54) is 0 Å². The molecule has 30 heavy (non-hydrogen) atoms. The summed E-state index contributed by atoms with van der Waals surface area (Å²) in [5.41, 5.74) is 0.117. The highest BCUT2D eigenvalue weighted by Gasteiger charge is 2.56. The number of carbonyl (C=O) groups is 1. The second-order valence-electron chi connectivity index (χ2n) is 8.77. The monoisotopic (exact) mass is 456 g/mol. The number of halogens is 2. The van der Waals surface area contributed by atoms with Crippen molar-refractivity contribution in [3.63, 3.8) is 0 Å². The third kappa shape index (κ3) is 4.95. The molecule has 0 spiro atoms. The minimum absolute atomic E-state index is 0.0419. The lowest BCUT2D eigenvalue weighted by Gasteiger charge is -2.59. The Labute approximate surface area is 175 Å². The van der Waals surface area contributed by atoms with Crippen LogP contribution in [0.4, 0.5) is 8.78 Å². The van der Waals surface area contributed by atoms with Crippen molar-refractivity contribution >= 4 is 16.1 Å². The SMILES string of the molecule is CCOC(C)OCC12CC3CC(C1)C(OCCOC(=O)C(F)(F)S(=O)(=O)O)C(C3)C2. The van der Waals surface area contributed by atoms with Crippen LogP contribution in [-0.4, -0.2) is 63.0 Å². The van der Waals surface area contributed by atoms with E-state index < -0.39 is 27.9 Å². The average molecular weight is 457 g/mol. The van der Waals surface area contributed by atoms with Crippen molar-refractivity contribution in [1.29, 1.82) is 0 Å². The van der Waals surface area contributed by atoms with Gasteiger partial charge in [0, 0.05) is 6.61 Å². The summed E-state index contributed by atoms with van der Waals surface area (Å²) < 4.78 is 77.5. The molecular weight excluding hydrogens is 426 g/mol. The van der Waals surface area contributed by atoms with Crippen LogP contribution in [0.1, 0.15) is 46.0 Å². The van der Waals surface area contributed by atoms with Gasteiger partial charge in [-0.3, -0.25) is 4.55 Å². The molecule has 8 nitrogen and oxygen atoms in total. The van der Waals surface area contributed by atoms with Gasteiger partial charge in [-0.15, -0.1) is 0 Å². The normalized spacial score (nSPS) is 34.2. The molecule has 0 heterocycles. The van der Waals surface area contributed by atoms with Crippen molar-refractivity contribution in [1.82, 2.24) is 0 Å². The second kappa shape index (κ2) is 8.93. The average Bonchev–Trinajstić information content (AvgIpc) is 2.64. The van der Waals surface area contributed by atoms with Crippen LogP contribution in [0, 0.1) is 23.2 Å². The van der Waals surface area contributed by atoms with Crippen molar-refractivity contribution in [2.45, 2.75) is 63.6 Å². The summed E-state index contributed by atoms with van der Waals surface area (Å²) in [5.74, 6) is -1.02. The lowest BCUT2D eigenvalue weighted by atomic mass is 9.49. The molecule has 4 fully saturated rings. The quantitative estimate of drug-likeness (QED) is 0.219. The Morgan fingerprint density at radius 2 is 1.80 bits per heavy atom. The van der Waals surface area contributed by atoms with E-state index in [1.54, 1.807) is 0 Å². The molecular formula is C19H30F2O8S. The number of alkyl halides is 2. The second-order valence-corrected chi connectivity index (χ2v) is 10.2. The summed E-state index contributed by atoms with van der Waals surface area (Å²) >= 11 is 0. The standard InChI is InChI=1S/C19H30F2O8S/c1-3-26-12(2)29-11-18-8-13-6-14(9-18)16(15(7-13)10-18)27-4-5-28-17(22)19(20,21)30(23,24)25/h12-16H,3-11H2,1-2H3,(H,23,24,25). The van der Waals surface area contributed by atoms with Crippen LogP contribution < -0.4 is 0 Å². The zero-order valence-corrected chi connectivity index (χ0v) is 18.0. The molecule has 4 saturated carbocycles. The van der Waals surface area contributed by atoms with E-state index in [1.807, 2.05) is 13.8 Å². The van der Waals surface area contributed by atoms with Crippen molar-refractivity contribution < 1.29 is 45.5 Å². The van der Waals surface area contributed by atoms with Crippen LogP contribution in [0.3, 0.4) is 0 Å². The first kappa shape index (κ1) is 23.8. The van der Waals surface area contributed by atoms with Crippen LogP contribution in [0.5, 0.6) is 0 Å². The van der Waals surface area contributed by atoms with Crippen molar-refractivity contribution in [2.24, 2.45) is 23.2 Å². The van der Waals surface area contributed by atoms with Gasteiger partial charge in [-0.25, -0.2) is 4.79 Å². The first-order valence-corrected chi connectivity index (χ1v) is 11.8. The fraction of sp³-hybridized carbons (Fsp3) is 0.947. The molecule has 0 aromatic carbocycles. The zero-order valence-electron chi connectivity index (χ0n) is 17.2. The first-order chi connectivity index (χ1) is 14.0. The number of rotatable bonds is 11. The molecule has 4 rings (SSSR count). The highest BCUT2D eigenvalue weighted by molar-refractivity contribution is 7.87. The Bertz CT molecular complexity index is 712.